The molecule has 52 heavy (non-hydrogen) atoms. The van der Waals surface area contributed by atoms with E-state index in [1.54, 1.807) is 0 Å². The minimum Gasteiger partial charge on any atom is -0.456 e. The Kier molecular flexibility index (Phi) is 7.18. The molecule has 0 atom stereocenters. The Morgan fingerprint density at radius 2 is 0.942 bits per heavy atom. The van der Waals surface area contributed by atoms with Crippen molar-refractivity contribution in [3.05, 3.63) is 200 Å². The van der Waals surface area contributed by atoms with Gasteiger partial charge in [0.05, 0.1) is 5.69 Å². The van der Waals surface area contributed by atoms with Crippen LogP contribution in [0, 0.1) is 0 Å². The molecular weight excluding hydrogens is 631 g/mol. The van der Waals surface area contributed by atoms with E-state index in [-0.39, 0.29) is 0 Å². The fourth-order valence-corrected chi connectivity index (χ4v) is 7.94. The standard InChI is InChI=1S/C50H33NO/c1-3-16-34(17-4-1)38-21-9-10-24-41(38)45-27-15-28-47(50(45)46-32-35-18-7-8-22-39(35)40-23-11-12-25-42(40)46)51(36-19-5-2-6-20-36)37-30-31-44-43-26-13-14-29-48(43)52-49(44)33-37/h1-33H. The third-order valence-electron chi connectivity index (χ3n) is 10.3. The summed E-state index contributed by atoms with van der Waals surface area (Å²) in [7, 11) is 0. The van der Waals surface area contributed by atoms with Gasteiger partial charge in [-0.05, 0) is 91.8 Å². The molecule has 2 heteroatoms. The van der Waals surface area contributed by atoms with Crippen molar-refractivity contribution in [2.45, 2.75) is 0 Å². The number of furan rings is 1. The van der Waals surface area contributed by atoms with Gasteiger partial charge in [-0.15, -0.1) is 0 Å². The quantitative estimate of drug-likeness (QED) is 0.165. The van der Waals surface area contributed by atoms with Crippen LogP contribution >= 0.6 is 0 Å². The smallest absolute Gasteiger partial charge is 0.137 e. The van der Waals surface area contributed by atoms with Gasteiger partial charge in [-0.25, -0.2) is 0 Å². The Labute approximate surface area is 302 Å². The molecule has 0 bridgehead atoms. The molecule has 0 unspecified atom stereocenters. The Balaban J connectivity index is 1.32. The molecule has 0 saturated carbocycles. The van der Waals surface area contributed by atoms with E-state index in [1.165, 1.54) is 54.9 Å². The van der Waals surface area contributed by atoms with Gasteiger partial charge in [0.25, 0.3) is 0 Å². The summed E-state index contributed by atoms with van der Waals surface area (Å²) in [4.78, 5) is 2.39. The van der Waals surface area contributed by atoms with E-state index in [2.05, 4.69) is 193 Å². The monoisotopic (exact) mass is 663 g/mol. The van der Waals surface area contributed by atoms with E-state index in [0.717, 1.165) is 39.0 Å². The molecule has 1 heterocycles. The first-order valence-electron chi connectivity index (χ1n) is 17.8. The van der Waals surface area contributed by atoms with Gasteiger partial charge in [0.2, 0.25) is 0 Å². The molecule has 0 saturated heterocycles. The van der Waals surface area contributed by atoms with E-state index in [4.69, 9.17) is 4.42 Å². The van der Waals surface area contributed by atoms with Crippen molar-refractivity contribution in [3.8, 4) is 33.4 Å². The summed E-state index contributed by atoms with van der Waals surface area (Å²) in [5, 5.41) is 7.15. The average Bonchev–Trinajstić information content (AvgIpc) is 3.59. The van der Waals surface area contributed by atoms with Gasteiger partial charge in [0, 0.05) is 33.8 Å². The molecule has 244 valence electrons. The second-order valence-electron chi connectivity index (χ2n) is 13.3. The summed E-state index contributed by atoms with van der Waals surface area (Å²) < 4.78 is 6.47. The highest BCUT2D eigenvalue weighted by Gasteiger charge is 2.24. The second-order valence-corrected chi connectivity index (χ2v) is 13.3. The number of benzene rings is 9. The minimum absolute atomic E-state index is 0.864. The van der Waals surface area contributed by atoms with Gasteiger partial charge in [0.1, 0.15) is 11.2 Å². The van der Waals surface area contributed by atoms with Gasteiger partial charge in [-0.2, -0.15) is 0 Å². The van der Waals surface area contributed by atoms with Crippen molar-refractivity contribution in [1.29, 1.82) is 0 Å². The highest BCUT2D eigenvalue weighted by molar-refractivity contribution is 6.17. The van der Waals surface area contributed by atoms with Gasteiger partial charge >= 0.3 is 0 Å². The van der Waals surface area contributed by atoms with Crippen molar-refractivity contribution >= 4 is 60.5 Å². The van der Waals surface area contributed by atoms with Crippen molar-refractivity contribution in [2.75, 3.05) is 4.90 Å². The van der Waals surface area contributed by atoms with Crippen LogP contribution in [-0.2, 0) is 0 Å². The molecule has 0 aliphatic rings. The summed E-state index contributed by atoms with van der Waals surface area (Å²) in [6.45, 7) is 0. The van der Waals surface area contributed by atoms with Crippen LogP contribution in [0.3, 0.4) is 0 Å². The molecule has 0 spiro atoms. The number of nitrogens with zero attached hydrogens (tertiary/aromatic N) is 1. The number of fused-ring (bicyclic) bond motifs is 6. The van der Waals surface area contributed by atoms with Gasteiger partial charge < -0.3 is 9.32 Å². The Hall–Kier alpha value is -6.90. The fraction of sp³-hybridized carbons (Fsp3) is 0. The van der Waals surface area contributed by atoms with E-state index in [9.17, 15) is 0 Å². The van der Waals surface area contributed by atoms with Crippen LogP contribution in [0.15, 0.2) is 205 Å². The molecule has 0 N–H and O–H groups in total. The van der Waals surface area contributed by atoms with Gasteiger partial charge in [0.15, 0.2) is 0 Å². The van der Waals surface area contributed by atoms with Crippen molar-refractivity contribution in [3.63, 3.8) is 0 Å². The van der Waals surface area contributed by atoms with E-state index >= 15 is 0 Å². The van der Waals surface area contributed by atoms with E-state index in [0.29, 0.717) is 0 Å². The van der Waals surface area contributed by atoms with Crippen LogP contribution in [0.5, 0.6) is 0 Å². The lowest BCUT2D eigenvalue weighted by Gasteiger charge is -2.30. The Bertz CT molecular complexity index is 2910. The molecule has 10 rings (SSSR count). The summed E-state index contributed by atoms with van der Waals surface area (Å²) in [5.41, 5.74) is 12.0. The zero-order valence-electron chi connectivity index (χ0n) is 28.4. The first-order valence-corrected chi connectivity index (χ1v) is 17.8. The second kappa shape index (κ2) is 12.5. The average molecular weight is 664 g/mol. The highest BCUT2D eigenvalue weighted by atomic mass is 16.3. The maximum absolute atomic E-state index is 6.47. The molecule has 10 aromatic rings. The van der Waals surface area contributed by atoms with Crippen LogP contribution < -0.4 is 4.90 Å². The van der Waals surface area contributed by atoms with Crippen molar-refractivity contribution < 1.29 is 4.42 Å². The van der Waals surface area contributed by atoms with E-state index in [1.807, 2.05) is 12.1 Å². The summed E-state index contributed by atoms with van der Waals surface area (Å²) in [5.74, 6) is 0. The maximum Gasteiger partial charge on any atom is 0.137 e. The molecule has 0 aliphatic heterocycles. The molecule has 1 aromatic heterocycles. The van der Waals surface area contributed by atoms with E-state index < -0.39 is 0 Å². The molecular formula is C50H33NO. The van der Waals surface area contributed by atoms with Crippen LogP contribution in [0.4, 0.5) is 17.1 Å². The SMILES string of the molecule is c1ccc(-c2ccccc2-c2cccc(N(c3ccccc3)c3ccc4c(c3)oc3ccccc34)c2-c2cc3ccccc3c3ccccc23)cc1. The van der Waals surface area contributed by atoms with Crippen LogP contribution in [0.2, 0.25) is 0 Å². The molecule has 0 fully saturated rings. The predicted octanol–water partition coefficient (Wildman–Crippen LogP) is 14.4. The van der Waals surface area contributed by atoms with Crippen LogP contribution in [-0.4, -0.2) is 0 Å². The van der Waals surface area contributed by atoms with Crippen LogP contribution in [0.1, 0.15) is 0 Å². The third-order valence-corrected chi connectivity index (χ3v) is 10.3. The lowest BCUT2D eigenvalue weighted by molar-refractivity contribution is 0.669. The van der Waals surface area contributed by atoms with Crippen molar-refractivity contribution in [1.82, 2.24) is 0 Å². The molecule has 9 aromatic carbocycles. The van der Waals surface area contributed by atoms with Gasteiger partial charge in [-0.3, -0.25) is 0 Å². The minimum atomic E-state index is 0.864. The Morgan fingerprint density at radius 1 is 0.327 bits per heavy atom. The fourth-order valence-electron chi connectivity index (χ4n) is 7.94. The number of anilines is 3. The van der Waals surface area contributed by atoms with Crippen LogP contribution in [0.25, 0.3) is 76.9 Å². The number of para-hydroxylation sites is 2. The summed E-state index contributed by atoms with van der Waals surface area (Å²) in [6, 6.07) is 71.8. The van der Waals surface area contributed by atoms with Crippen molar-refractivity contribution in [2.24, 2.45) is 0 Å². The zero-order valence-corrected chi connectivity index (χ0v) is 28.4. The molecule has 0 radical (unpaired) electrons. The largest absolute Gasteiger partial charge is 0.456 e. The maximum atomic E-state index is 6.47. The molecule has 0 amide bonds. The lowest BCUT2D eigenvalue weighted by Crippen LogP contribution is -2.12. The topological polar surface area (TPSA) is 16.4 Å². The summed E-state index contributed by atoms with van der Waals surface area (Å²) in [6.07, 6.45) is 0. The lowest BCUT2D eigenvalue weighted by atomic mass is 9.85. The predicted molar refractivity (Wildman–Crippen MR) is 220 cm³/mol. The first kappa shape index (κ1) is 30.0. The number of rotatable bonds is 6. The zero-order chi connectivity index (χ0) is 34.4. The number of hydrogen-bond donors (Lipinski definition) is 0. The molecule has 2 nitrogen and oxygen atoms in total. The highest BCUT2D eigenvalue weighted by Crippen LogP contribution is 2.50. The number of hydrogen-bond acceptors (Lipinski definition) is 2. The summed E-state index contributed by atoms with van der Waals surface area (Å²) >= 11 is 0. The molecule has 0 aliphatic carbocycles. The normalized spacial score (nSPS) is 11.5. The first-order chi connectivity index (χ1) is 25.8. The third kappa shape index (κ3) is 4.96. The Morgan fingerprint density at radius 3 is 1.77 bits per heavy atom. The van der Waals surface area contributed by atoms with Gasteiger partial charge in [-0.1, -0.05) is 152 Å².